The number of carbonyl (C=O) groups excluding carboxylic acids is 1. The van der Waals surface area contributed by atoms with Gasteiger partial charge in [-0.15, -0.1) is 0 Å². The minimum absolute atomic E-state index is 0.0346. The second kappa shape index (κ2) is 8.60. The number of amides is 2. The van der Waals surface area contributed by atoms with Gasteiger partial charge >= 0.3 is 6.09 Å². The molecule has 0 aromatic heterocycles. The standard InChI is InChI=1S/C18H28N4O3/c1-3-21(4-2)17(23)13-8-9-16(15(19)11-13)20-12-14-7-5-6-10-22(14)18(24)25/h8-9,11,14,20H,3-7,10,12,19H2,1-2H3,(H,24,25). The van der Waals surface area contributed by atoms with Gasteiger partial charge in [-0.05, 0) is 51.3 Å². The predicted molar refractivity (Wildman–Crippen MR) is 99.0 cm³/mol. The molecule has 4 N–H and O–H groups in total. The molecule has 1 atom stereocenters. The minimum atomic E-state index is -0.875. The van der Waals surface area contributed by atoms with E-state index in [1.165, 1.54) is 4.90 Å². The smallest absolute Gasteiger partial charge is 0.407 e. The second-order valence-corrected chi connectivity index (χ2v) is 6.29. The van der Waals surface area contributed by atoms with Crippen molar-refractivity contribution in [2.75, 3.05) is 37.2 Å². The molecule has 0 radical (unpaired) electrons. The van der Waals surface area contributed by atoms with Crippen LogP contribution in [0.15, 0.2) is 18.2 Å². The number of nitrogen functional groups attached to an aromatic ring is 1. The summed E-state index contributed by atoms with van der Waals surface area (Å²) in [5.74, 6) is -0.0346. The lowest BCUT2D eigenvalue weighted by Gasteiger charge is -2.33. The number of benzene rings is 1. The summed E-state index contributed by atoms with van der Waals surface area (Å²) in [4.78, 5) is 26.9. The summed E-state index contributed by atoms with van der Waals surface area (Å²) in [5, 5.41) is 12.5. The van der Waals surface area contributed by atoms with Gasteiger partial charge in [0, 0.05) is 31.7 Å². The fourth-order valence-electron chi connectivity index (χ4n) is 3.24. The van der Waals surface area contributed by atoms with E-state index in [1.54, 1.807) is 23.1 Å². The fraction of sp³-hybridized carbons (Fsp3) is 0.556. The lowest BCUT2D eigenvalue weighted by atomic mass is 10.0. The molecule has 0 spiro atoms. The number of rotatable bonds is 6. The number of carbonyl (C=O) groups is 2. The molecule has 1 fully saturated rings. The molecule has 1 unspecified atom stereocenters. The van der Waals surface area contributed by atoms with Crippen molar-refractivity contribution in [3.05, 3.63) is 23.8 Å². The van der Waals surface area contributed by atoms with E-state index in [-0.39, 0.29) is 11.9 Å². The van der Waals surface area contributed by atoms with E-state index in [9.17, 15) is 14.7 Å². The molecule has 2 rings (SSSR count). The first kappa shape index (κ1) is 18.9. The van der Waals surface area contributed by atoms with Gasteiger partial charge in [-0.1, -0.05) is 0 Å². The Kier molecular flexibility index (Phi) is 6.50. The van der Waals surface area contributed by atoms with Gasteiger partial charge < -0.3 is 26.0 Å². The van der Waals surface area contributed by atoms with Gasteiger partial charge in [0.15, 0.2) is 0 Å². The van der Waals surface area contributed by atoms with Crippen molar-refractivity contribution in [3.8, 4) is 0 Å². The molecule has 1 saturated heterocycles. The van der Waals surface area contributed by atoms with Crippen molar-refractivity contribution in [3.63, 3.8) is 0 Å². The number of hydrogen-bond acceptors (Lipinski definition) is 4. The Morgan fingerprint density at radius 2 is 2.04 bits per heavy atom. The summed E-state index contributed by atoms with van der Waals surface area (Å²) in [5.41, 5.74) is 7.88. The van der Waals surface area contributed by atoms with Crippen LogP contribution < -0.4 is 11.1 Å². The molecule has 0 saturated carbocycles. The summed E-state index contributed by atoms with van der Waals surface area (Å²) >= 11 is 0. The maximum absolute atomic E-state index is 12.4. The minimum Gasteiger partial charge on any atom is -0.465 e. The summed E-state index contributed by atoms with van der Waals surface area (Å²) in [7, 11) is 0. The number of nitrogens with two attached hydrogens (primary N) is 1. The first-order valence-corrected chi connectivity index (χ1v) is 8.90. The van der Waals surface area contributed by atoms with E-state index in [2.05, 4.69) is 5.32 Å². The van der Waals surface area contributed by atoms with Crippen molar-refractivity contribution in [2.24, 2.45) is 0 Å². The molecule has 2 amide bonds. The number of likely N-dealkylation sites (tertiary alicyclic amines) is 1. The van der Waals surface area contributed by atoms with Crippen molar-refractivity contribution in [2.45, 2.75) is 39.2 Å². The highest BCUT2D eigenvalue weighted by molar-refractivity contribution is 5.96. The van der Waals surface area contributed by atoms with Crippen molar-refractivity contribution in [1.82, 2.24) is 9.80 Å². The van der Waals surface area contributed by atoms with Crippen LogP contribution in [0.4, 0.5) is 16.2 Å². The predicted octanol–water partition coefficient (Wildman–Crippen LogP) is 2.70. The highest BCUT2D eigenvalue weighted by atomic mass is 16.4. The molecule has 0 aliphatic carbocycles. The summed E-state index contributed by atoms with van der Waals surface area (Å²) in [6.07, 6.45) is 1.91. The molecule has 1 heterocycles. The maximum atomic E-state index is 12.4. The number of piperidine rings is 1. The summed E-state index contributed by atoms with van der Waals surface area (Å²) < 4.78 is 0. The van der Waals surface area contributed by atoms with E-state index in [1.807, 2.05) is 13.8 Å². The average Bonchev–Trinajstić information content (AvgIpc) is 2.61. The largest absolute Gasteiger partial charge is 0.465 e. The average molecular weight is 348 g/mol. The first-order chi connectivity index (χ1) is 12.0. The van der Waals surface area contributed by atoms with Crippen LogP contribution in [0.25, 0.3) is 0 Å². The molecule has 7 heteroatoms. The van der Waals surface area contributed by atoms with Gasteiger partial charge in [-0.25, -0.2) is 4.79 Å². The number of nitrogens with one attached hydrogen (secondary N) is 1. The molecular formula is C18H28N4O3. The number of carboxylic acid groups (broad SMARTS) is 1. The quantitative estimate of drug-likeness (QED) is 0.687. The molecule has 7 nitrogen and oxygen atoms in total. The van der Waals surface area contributed by atoms with Crippen LogP contribution in [0, 0.1) is 0 Å². The van der Waals surface area contributed by atoms with Crippen molar-refractivity contribution >= 4 is 23.4 Å². The molecule has 25 heavy (non-hydrogen) atoms. The zero-order valence-corrected chi connectivity index (χ0v) is 15.0. The lowest BCUT2D eigenvalue weighted by Crippen LogP contribution is -2.46. The van der Waals surface area contributed by atoms with Crippen molar-refractivity contribution < 1.29 is 14.7 Å². The maximum Gasteiger partial charge on any atom is 0.407 e. The number of hydrogen-bond donors (Lipinski definition) is 3. The van der Waals surface area contributed by atoms with Crippen LogP contribution in [0.1, 0.15) is 43.5 Å². The van der Waals surface area contributed by atoms with Crippen molar-refractivity contribution in [1.29, 1.82) is 0 Å². The van der Waals surface area contributed by atoms with E-state index in [4.69, 9.17) is 5.73 Å². The van der Waals surface area contributed by atoms with Gasteiger partial charge in [0.2, 0.25) is 0 Å². The molecule has 1 aromatic rings. The van der Waals surface area contributed by atoms with E-state index in [0.717, 1.165) is 24.9 Å². The Bertz CT molecular complexity index is 616. The Morgan fingerprint density at radius 1 is 1.32 bits per heavy atom. The third-order valence-electron chi connectivity index (χ3n) is 4.75. The zero-order chi connectivity index (χ0) is 18.4. The fourth-order valence-corrected chi connectivity index (χ4v) is 3.24. The highest BCUT2D eigenvalue weighted by Gasteiger charge is 2.26. The van der Waals surface area contributed by atoms with Crippen LogP contribution in [-0.4, -0.2) is 59.1 Å². The van der Waals surface area contributed by atoms with Gasteiger partial charge in [0.25, 0.3) is 5.91 Å². The third-order valence-corrected chi connectivity index (χ3v) is 4.75. The summed E-state index contributed by atoms with van der Waals surface area (Å²) in [6.45, 7) is 6.29. The molecule has 1 aromatic carbocycles. The number of nitrogens with zero attached hydrogens (tertiary/aromatic N) is 2. The Hall–Kier alpha value is -2.44. The van der Waals surface area contributed by atoms with Crippen LogP contribution >= 0.6 is 0 Å². The lowest BCUT2D eigenvalue weighted by molar-refractivity contribution is 0.0773. The first-order valence-electron chi connectivity index (χ1n) is 8.90. The van der Waals surface area contributed by atoms with Crippen LogP contribution in [-0.2, 0) is 0 Å². The van der Waals surface area contributed by atoms with Crippen LogP contribution in [0.3, 0.4) is 0 Å². The monoisotopic (exact) mass is 348 g/mol. The highest BCUT2D eigenvalue weighted by Crippen LogP contribution is 2.23. The van der Waals surface area contributed by atoms with Crippen LogP contribution in [0.2, 0.25) is 0 Å². The molecule has 1 aliphatic heterocycles. The Labute approximate surface area is 148 Å². The molecular weight excluding hydrogens is 320 g/mol. The van der Waals surface area contributed by atoms with E-state index >= 15 is 0 Å². The van der Waals surface area contributed by atoms with Gasteiger partial charge in [0.05, 0.1) is 17.4 Å². The molecule has 138 valence electrons. The van der Waals surface area contributed by atoms with Gasteiger partial charge in [-0.3, -0.25) is 4.79 Å². The Morgan fingerprint density at radius 3 is 2.64 bits per heavy atom. The molecule has 1 aliphatic rings. The van der Waals surface area contributed by atoms with E-state index < -0.39 is 6.09 Å². The second-order valence-electron chi connectivity index (χ2n) is 6.29. The Balaban J connectivity index is 2.03. The zero-order valence-electron chi connectivity index (χ0n) is 15.0. The van der Waals surface area contributed by atoms with Gasteiger partial charge in [0.1, 0.15) is 0 Å². The SMILES string of the molecule is CCN(CC)C(=O)c1ccc(NCC2CCCCN2C(=O)O)c(N)c1. The third kappa shape index (κ3) is 4.55. The molecule has 0 bridgehead atoms. The van der Waals surface area contributed by atoms with Crippen LogP contribution in [0.5, 0.6) is 0 Å². The van der Waals surface area contributed by atoms with E-state index in [0.29, 0.717) is 37.4 Å². The summed E-state index contributed by atoms with van der Waals surface area (Å²) in [6, 6.07) is 5.18. The topological polar surface area (TPSA) is 98.9 Å². The number of anilines is 2. The van der Waals surface area contributed by atoms with Gasteiger partial charge in [-0.2, -0.15) is 0 Å². The normalized spacial score (nSPS) is 17.2.